The van der Waals surface area contributed by atoms with Gasteiger partial charge in [0.2, 0.25) is 0 Å². The lowest BCUT2D eigenvalue weighted by atomic mass is 9.88. The van der Waals surface area contributed by atoms with Gasteiger partial charge in [-0.3, -0.25) is 9.69 Å². The molecule has 100 valence electrons. The molecule has 2 rings (SSSR count). The normalized spacial score (nSPS) is 25.3. The van der Waals surface area contributed by atoms with Crippen molar-refractivity contribution >= 4 is 5.97 Å². The molecule has 2 heterocycles. The van der Waals surface area contributed by atoms with Crippen LogP contribution in [0.1, 0.15) is 43.2 Å². The quantitative estimate of drug-likeness (QED) is 0.892. The lowest BCUT2D eigenvalue weighted by Crippen LogP contribution is -2.54. The van der Waals surface area contributed by atoms with Crippen molar-refractivity contribution in [1.82, 2.24) is 10.1 Å². The summed E-state index contributed by atoms with van der Waals surface area (Å²) < 4.78 is 5.14. The van der Waals surface area contributed by atoms with Crippen LogP contribution in [0.2, 0.25) is 0 Å². The second-order valence-electron chi connectivity index (χ2n) is 5.26. The number of aromatic nitrogens is 1. The van der Waals surface area contributed by atoms with Gasteiger partial charge in [0.15, 0.2) is 0 Å². The summed E-state index contributed by atoms with van der Waals surface area (Å²) in [6, 6.07) is 0. The van der Waals surface area contributed by atoms with Crippen LogP contribution in [0.25, 0.3) is 0 Å². The molecule has 1 aromatic heterocycles. The fraction of sp³-hybridized carbons (Fsp3) is 0.692. The smallest absolute Gasteiger partial charge is 0.323 e. The Morgan fingerprint density at radius 3 is 2.78 bits per heavy atom. The van der Waals surface area contributed by atoms with Gasteiger partial charge < -0.3 is 9.63 Å². The number of rotatable bonds is 3. The maximum Gasteiger partial charge on any atom is 0.323 e. The number of hydrogen-bond acceptors (Lipinski definition) is 4. The van der Waals surface area contributed by atoms with Crippen molar-refractivity contribution in [3.05, 3.63) is 17.0 Å². The predicted molar refractivity (Wildman–Crippen MR) is 66.3 cm³/mol. The molecule has 1 atom stereocenters. The van der Waals surface area contributed by atoms with Gasteiger partial charge in [0, 0.05) is 12.1 Å². The second kappa shape index (κ2) is 4.72. The third-order valence-electron chi connectivity index (χ3n) is 4.03. The number of piperidine rings is 1. The topological polar surface area (TPSA) is 66.6 Å². The average molecular weight is 252 g/mol. The number of likely N-dealkylation sites (tertiary alicyclic amines) is 1. The first-order chi connectivity index (χ1) is 8.45. The maximum atomic E-state index is 11.5. The van der Waals surface area contributed by atoms with E-state index >= 15 is 0 Å². The van der Waals surface area contributed by atoms with Gasteiger partial charge in [0.25, 0.3) is 0 Å². The third-order valence-corrected chi connectivity index (χ3v) is 4.03. The van der Waals surface area contributed by atoms with E-state index in [1.807, 2.05) is 25.7 Å². The van der Waals surface area contributed by atoms with Crippen molar-refractivity contribution in [2.24, 2.45) is 0 Å². The molecule has 5 nitrogen and oxygen atoms in total. The Labute approximate surface area is 107 Å². The van der Waals surface area contributed by atoms with Gasteiger partial charge in [-0.15, -0.1) is 0 Å². The number of nitrogens with zero attached hydrogens (tertiary/aromatic N) is 2. The fourth-order valence-electron chi connectivity index (χ4n) is 2.59. The molecule has 1 saturated heterocycles. The first kappa shape index (κ1) is 13.1. The number of carboxylic acid groups (broad SMARTS) is 1. The van der Waals surface area contributed by atoms with E-state index in [1.54, 1.807) is 0 Å². The van der Waals surface area contributed by atoms with Crippen LogP contribution in [0.3, 0.4) is 0 Å². The summed E-state index contributed by atoms with van der Waals surface area (Å²) in [7, 11) is 0. The number of aryl methyl sites for hydroxylation is 2. The van der Waals surface area contributed by atoms with E-state index in [0.29, 0.717) is 13.0 Å². The molecule has 1 fully saturated rings. The number of aliphatic carboxylic acids is 1. The van der Waals surface area contributed by atoms with Gasteiger partial charge in [0.05, 0.1) is 5.69 Å². The molecule has 0 spiro atoms. The highest BCUT2D eigenvalue weighted by Crippen LogP contribution is 2.30. The van der Waals surface area contributed by atoms with E-state index in [-0.39, 0.29) is 0 Å². The molecule has 0 amide bonds. The summed E-state index contributed by atoms with van der Waals surface area (Å²) in [4.78, 5) is 13.5. The zero-order valence-electron chi connectivity index (χ0n) is 11.2. The molecule has 18 heavy (non-hydrogen) atoms. The lowest BCUT2D eigenvalue weighted by molar-refractivity contribution is -0.153. The Morgan fingerprint density at radius 1 is 1.50 bits per heavy atom. The minimum atomic E-state index is -0.769. The highest BCUT2D eigenvalue weighted by Gasteiger charge is 2.41. The van der Waals surface area contributed by atoms with E-state index in [0.717, 1.165) is 36.4 Å². The molecule has 5 heteroatoms. The number of carbonyl (C=O) groups is 1. The first-order valence-electron chi connectivity index (χ1n) is 6.35. The largest absolute Gasteiger partial charge is 0.480 e. The van der Waals surface area contributed by atoms with Crippen LogP contribution in [0.5, 0.6) is 0 Å². The van der Waals surface area contributed by atoms with Gasteiger partial charge in [0.1, 0.15) is 11.3 Å². The van der Waals surface area contributed by atoms with Crippen LogP contribution >= 0.6 is 0 Å². The van der Waals surface area contributed by atoms with Gasteiger partial charge >= 0.3 is 5.97 Å². The van der Waals surface area contributed by atoms with Crippen LogP contribution in [0.4, 0.5) is 0 Å². The summed E-state index contributed by atoms with van der Waals surface area (Å²) in [5.74, 6) is 0.0415. The van der Waals surface area contributed by atoms with Crippen molar-refractivity contribution in [3.8, 4) is 0 Å². The Bertz CT molecular complexity index is 436. The number of carboxylic acids is 1. The SMILES string of the molecule is Cc1noc(C)c1CN1CCCCC1(C)C(=O)O. The van der Waals surface area contributed by atoms with Crippen LogP contribution in [-0.2, 0) is 11.3 Å². The van der Waals surface area contributed by atoms with Crippen LogP contribution in [-0.4, -0.2) is 33.2 Å². The Hall–Kier alpha value is -1.36. The Balaban J connectivity index is 2.23. The molecule has 0 radical (unpaired) electrons. The van der Waals surface area contributed by atoms with E-state index in [1.165, 1.54) is 0 Å². The zero-order valence-corrected chi connectivity index (χ0v) is 11.2. The van der Waals surface area contributed by atoms with Crippen LogP contribution in [0.15, 0.2) is 4.52 Å². The Morgan fingerprint density at radius 2 is 2.22 bits per heavy atom. The molecule has 0 saturated carbocycles. The highest BCUT2D eigenvalue weighted by molar-refractivity contribution is 5.78. The van der Waals surface area contributed by atoms with Crippen molar-refractivity contribution < 1.29 is 14.4 Å². The summed E-state index contributed by atoms with van der Waals surface area (Å²) in [5.41, 5.74) is 1.10. The van der Waals surface area contributed by atoms with Gasteiger partial charge in [-0.05, 0) is 46.6 Å². The number of hydrogen-bond donors (Lipinski definition) is 1. The predicted octanol–water partition coefficient (Wildman–Crippen LogP) is 2.12. The summed E-state index contributed by atoms with van der Waals surface area (Å²) >= 11 is 0. The lowest BCUT2D eigenvalue weighted by Gasteiger charge is -2.41. The molecule has 0 aliphatic carbocycles. The van der Waals surface area contributed by atoms with Gasteiger partial charge in [-0.1, -0.05) is 5.16 Å². The molecule has 1 aliphatic heterocycles. The molecular formula is C13H20N2O3. The minimum absolute atomic E-state index is 0.601. The fourth-order valence-corrected chi connectivity index (χ4v) is 2.59. The monoisotopic (exact) mass is 252 g/mol. The maximum absolute atomic E-state index is 11.5. The molecular weight excluding hydrogens is 232 g/mol. The van der Waals surface area contributed by atoms with E-state index in [4.69, 9.17) is 4.52 Å². The summed E-state index contributed by atoms with van der Waals surface area (Å²) in [5, 5.41) is 13.4. The van der Waals surface area contributed by atoms with Crippen molar-refractivity contribution in [2.45, 2.75) is 52.1 Å². The molecule has 1 unspecified atom stereocenters. The summed E-state index contributed by atoms with van der Waals surface area (Å²) in [6.07, 6.45) is 2.72. The van der Waals surface area contributed by atoms with Gasteiger partial charge in [-0.25, -0.2) is 0 Å². The second-order valence-corrected chi connectivity index (χ2v) is 5.26. The van der Waals surface area contributed by atoms with E-state index < -0.39 is 11.5 Å². The molecule has 0 aromatic carbocycles. The Kier molecular flexibility index (Phi) is 3.43. The zero-order chi connectivity index (χ0) is 13.3. The summed E-state index contributed by atoms with van der Waals surface area (Å²) in [6.45, 7) is 6.99. The molecule has 1 aromatic rings. The van der Waals surface area contributed by atoms with Gasteiger partial charge in [-0.2, -0.15) is 0 Å². The standard InChI is InChI=1S/C13H20N2O3/c1-9-11(10(2)18-14-9)8-15-7-5-4-6-13(15,3)12(16)17/h4-8H2,1-3H3,(H,16,17). The van der Waals surface area contributed by atoms with E-state index in [2.05, 4.69) is 5.16 Å². The molecule has 0 bridgehead atoms. The van der Waals surface area contributed by atoms with Crippen molar-refractivity contribution in [1.29, 1.82) is 0 Å². The van der Waals surface area contributed by atoms with E-state index in [9.17, 15) is 9.90 Å². The van der Waals surface area contributed by atoms with Crippen LogP contribution < -0.4 is 0 Å². The third kappa shape index (κ3) is 2.14. The minimum Gasteiger partial charge on any atom is -0.480 e. The van der Waals surface area contributed by atoms with Crippen LogP contribution in [0, 0.1) is 13.8 Å². The first-order valence-corrected chi connectivity index (χ1v) is 6.35. The van der Waals surface area contributed by atoms with Crippen molar-refractivity contribution in [3.63, 3.8) is 0 Å². The molecule has 1 aliphatic rings. The van der Waals surface area contributed by atoms with Crippen molar-refractivity contribution in [2.75, 3.05) is 6.54 Å². The highest BCUT2D eigenvalue weighted by atomic mass is 16.5. The molecule has 1 N–H and O–H groups in total. The average Bonchev–Trinajstić information content (AvgIpc) is 2.63.